The van der Waals surface area contributed by atoms with Gasteiger partial charge in [0.1, 0.15) is 0 Å². The summed E-state index contributed by atoms with van der Waals surface area (Å²) in [5, 5.41) is 5.43. The lowest BCUT2D eigenvalue weighted by Gasteiger charge is -2.39. The Morgan fingerprint density at radius 2 is 1.81 bits per heavy atom. The predicted molar refractivity (Wildman–Crippen MR) is 94.1 cm³/mol. The summed E-state index contributed by atoms with van der Waals surface area (Å²) in [6, 6.07) is 9.66. The maximum Gasteiger partial charge on any atom is 0.0443 e. The summed E-state index contributed by atoms with van der Waals surface area (Å²) >= 11 is 2.29. The van der Waals surface area contributed by atoms with Crippen LogP contribution in [0, 0.1) is 0 Å². The van der Waals surface area contributed by atoms with Crippen molar-refractivity contribution in [3.63, 3.8) is 0 Å². The lowest BCUT2D eigenvalue weighted by Crippen LogP contribution is -2.36. The fourth-order valence-electron chi connectivity index (χ4n) is 4.10. The van der Waals surface area contributed by atoms with Crippen LogP contribution in [0.25, 0.3) is 0 Å². The Morgan fingerprint density at radius 3 is 2.52 bits per heavy atom. The highest BCUT2D eigenvalue weighted by atomic mass is 32.2. The first-order valence-corrected chi connectivity index (χ1v) is 9.71. The minimum absolute atomic E-state index is 0.550. The van der Waals surface area contributed by atoms with Crippen LogP contribution in [0.2, 0.25) is 0 Å². The van der Waals surface area contributed by atoms with Gasteiger partial charge in [0, 0.05) is 16.5 Å². The average molecular weight is 304 g/mol. The molecule has 0 amide bonds. The molecule has 1 nitrogen and oxygen atoms in total. The molecule has 1 saturated carbocycles. The standard InChI is InChI=1S/C19H29NS/c1-3-20-19-17-12-8-7-11-16(17)14(2)13-18(19)21-15-9-5-4-6-10-15/h7-8,11-12,14-15,18-20H,3-6,9-10,13H2,1-2H3. The maximum absolute atomic E-state index is 3.78. The SMILES string of the molecule is CCNC1c2ccccc2C(C)CC1SC1CCCCC1. The van der Waals surface area contributed by atoms with Crippen LogP contribution in [0.3, 0.4) is 0 Å². The second-order valence-electron chi connectivity index (χ2n) is 6.74. The molecule has 3 atom stereocenters. The van der Waals surface area contributed by atoms with E-state index in [1.54, 1.807) is 11.1 Å². The minimum atomic E-state index is 0.550. The molecule has 1 N–H and O–H groups in total. The van der Waals surface area contributed by atoms with Gasteiger partial charge in [0.15, 0.2) is 0 Å². The normalized spacial score (nSPS) is 30.1. The van der Waals surface area contributed by atoms with Crippen molar-refractivity contribution in [1.29, 1.82) is 0 Å². The van der Waals surface area contributed by atoms with Gasteiger partial charge in [-0.05, 0) is 42.9 Å². The zero-order chi connectivity index (χ0) is 14.7. The Balaban J connectivity index is 1.79. The van der Waals surface area contributed by atoms with E-state index >= 15 is 0 Å². The van der Waals surface area contributed by atoms with E-state index in [1.807, 2.05) is 0 Å². The fourth-order valence-corrected chi connectivity index (χ4v) is 6.00. The Kier molecular flexibility index (Phi) is 5.29. The first-order chi connectivity index (χ1) is 10.3. The topological polar surface area (TPSA) is 12.0 Å². The van der Waals surface area contributed by atoms with Gasteiger partial charge in [-0.25, -0.2) is 0 Å². The van der Waals surface area contributed by atoms with Gasteiger partial charge in [0.25, 0.3) is 0 Å². The van der Waals surface area contributed by atoms with E-state index in [2.05, 4.69) is 55.2 Å². The monoisotopic (exact) mass is 303 g/mol. The molecule has 21 heavy (non-hydrogen) atoms. The molecule has 0 aromatic heterocycles. The van der Waals surface area contributed by atoms with Gasteiger partial charge < -0.3 is 5.32 Å². The van der Waals surface area contributed by atoms with E-state index < -0.39 is 0 Å². The van der Waals surface area contributed by atoms with Crippen LogP contribution in [0.1, 0.15) is 75.5 Å². The number of fused-ring (bicyclic) bond motifs is 1. The molecule has 1 fully saturated rings. The summed E-state index contributed by atoms with van der Waals surface area (Å²) < 4.78 is 0. The van der Waals surface area contributed by atoms with Crippen LogP contribution < -0.4 is 5.32 Å². The molecule has 1 aromatic rings. The molecule has 0 heterocycles. The number of hydrogen-bond donors (Lipinski definition) is 1. The van der Waals surface area contributed by atoms with Crippen molar-refractivity contribution in [2.24, 2.45) is 0 Å². The van der Waals surface area contributed by atoms with Crippen molar-refractivity contribution in [3.8, 4) is 0 Å². The van der Waals surface area contributed by atoms with Crippen LogP contribution >= 0.6 is 11.8 Å². The van der Waals surface area contributed by atoms with Crippen LogP contribution in [0.4, 0.5) is 0 Å². The summed E-state index contributed by atoms with van der Waals surface area (Å²) in [5.74, 6) is 0.706. The summed E-state index contributed by atoms with van der Waals surface area (Å²) in [6.07, 6.45) is 8.56. The molecule has 2 aliphatic rings. The van der Waals surface area contributed by atoms with Gasteiger partial charge >= 0.3 is 0 Å². The summed E-state index contributed by atoms with van der Waals surface area (Å²) in [4.78, 5) is 0. The van der Waals surface area contributed by atoms with Gasteiger partial charge in [-0.15, -0.1) is 0 Å². The third-order valence-corrected chi connectivity index (χ3v) is 6.83. The lowest BCUT2D eigenvalue weighted by atomic mass is 9.80. The highest BCUT2D eigenvalue weighted by Crippen LogP contribution is 2.45. The Labute approximate surface area is 134 Å². The molecule has 0 aliphatic heterocycles. The minimum Gasteiger partial charge on any atom is -0.309 e. The predicted octanol–water partition coefficient (Wildman–Crippen LogP) is 5.28. The summed E-state index contributed by atoms with van der Waals surface area (Å²) in [5.41, 5.74) is 3.13. The molecule has 3 unspecified atom stereocenters. The molecule has 2 aliphatic carbocycles. The summed E-state index contributed by atoms with van der Waals surface area (Å²) in [7, 11) is 0. The first-order valence-electron chi connectivity index (χ1n) is 8.77. The fraction of sp³-hybridized carbons (Fsp3) is 0.684. The van der Waals surface area contributed by atoms with E-state index in [0.29, 0.717) is 12.0 Å². The van der Waals surface area contributed by atoms with Crippen molar-refractivity contribution >= 4 is 11.8 Å². The van der Waals surface area contributed by atoms with Crippen LogP contribution in [-0.4, -0.2) is 17.0 Å². The number of rotatable bonds is 4. The molecular weight excluding hydrogens is 274 g/mol. The molecule has 0 spiro atoms. The van der Waals surface area contributed by atoms with E-state index in [1.165, 1.54) is 38.5 Å². The maximum atomic E-state index is 3.78. The van der Waals surface area contributed by atoms with E-state index in [9.17, 15) is 0 Å². The molecular formula is C19H29NS. The van der Waals surface area contributed by atoms with Gasteiger partial charge in [-0.2, -0.15) is 11.8 Å². The largest absolute Gasteiger partial charge is 0.309 e. The quantitative estimate of drug-likeness (QED) is 0.812. The molecule has 3 rings (SSSR count). The Morgan fingerprint density at radius 1 is 1.10 bits per heavy atom. The van der Waals surface area contributed by atoms with Crippen LogP contribution in [0.5, 0.6) is 0 Å². The zero-order valence-electron chi connectivity index (χ0n) is 13.5. The van der Waals surface area contributed by atoms with Gasteiger partial charge in [0.2, 0.25) is 0 Å². The van der Waals surface area contributed by atoms with Crippen molar-refractivity contribution in [3.05, 3.63) is 35.4 Å². The highest BCUT2D eigenvalue weighted by molar-refractivity contribution is 8.00. The smallest absolute Gasteiger partial charge is 0.0443 e. The molecule has 0 bridgehead atoms. The Hall–Kier alpha value is -0.470. The number of thioether (sulfide) groups is 1. The second-order valence-corrected chi connectivity index (χ2v) is 8.28. The number of benzene rings is 1. The number of hydrogen-bond acceptors (Lipinski definition) is 2. The molecule has 2 heteroatoms. The van der Waals surface area contributed by atoms with Gasteiger partial charge in [0.05, 0.1) is 0 Å². The van der Waals surface area contributed by atoms with Crippen molar-refractivity contribution in [2.75, 3.05) is 6.54 Å². The van der Waals surface area contributed by atoms with E-state index in [0.717, 1.165) is 17.0 Å². The van der Waals surface area contributed by atoms with Crippen molar-refractivity contribution in [2.45, 2.75) is 74.8 Å². The molecule has 0 radical (unpaired) electrons. The van der Waals surface area contributed by atoms with Crippen LogP contribution in [0.15, 0.2) is 24.3 Å². The van der Waals surface area contributed by atoms with E-state index in [4.69, 9.17) is 0 Å². The third-order valence-electron chi connectivity index (χ3n) is 5.16. The molecule has 1 aromatic carbocycles. The number of nitrogens with one attached hydrogen (secondary N) is 1. The third kappa shape index (κ3) is 3.48. The average Bonchev–Trinajstić information content (AvgIpc) is 2.52. The van der Waals surface area contributed by atoms with Crippen molar-refractivity contribution < 1.29 is 0 Å². The van der Waals surface area contributed by atoms with Gasteiger partial charge in [-0.3, -0.25) is 0 Å². The first kappa shape index (κ1) is 15.4. The van der Waals surface area contributed by atoms with Gasteiger partial charge in [-0.1, -0.05) is 57.4 Å². The van der Waals surface area contributed by atoms with E-state index in [-0.39, 0.29) is 0 Å². The lowest BCUT2D eigenvalue weighted by molar-refractivity contribution is 0.447. The highest BCUT2D eigenvalue weighted by Gasteiger charge is 2.34. The van der Waals surface area contributed by atoms with Crippen LogP contribution in [-0.2, 0) is 0 Å². The zero-order valence-corrected chi connectivity index (χ0v) is 14.3. The molecule has 0 saturated heterocycles. The summed E-state index contributed by atoms with van der Waals surface area (Å²) in [6.45, 7) is 5.72. The van der Waals surface area contributed by atoms with Crippen molar-refractivity contribution in [1.82, 2.24) is 5.32 Å². The Bertz CT molecular complexity index is 453. The second kappa shape index (κ2) is 7.19. The molecule has 116 valence electrons.